The van der Waals surface area contributed by atoms with Crippen molar-refractivity contribution in [3.05, 3.63) is 48.0 Å². The van der Waals surface area contributed by atoms with E-state index in [2.05, 4.69) is 23.5 Å². The highest BCUT2D eigenvalue weighted by molar-refractivity contribution is 5.87. The maximum absolute atomic E-state index is 11.2. The average molecular weight is 228 g/mol. The lowest BCUT2D eigenvalue weighted by atomic mass is 9.98. The van der Waals surface area contributed by atoms with Gasteiger partial charge in [-0.05, 0) is 29.8 Å². The topological polar surface area (TPSA) is 55.1 Å². The van der Waals surface area contributed by atoms with Crippen LogP contribution in [-0.4, -0.2) is 19.0 Å². The van der Waals surface area contributed by atoms with Gasteiger partial charge in [-0.15, -0.1) is 0 Å². The fourth-order valence-corrected chi connectivity index (χ4v) is 2.04. The third-order valence-corrected chi connectivity index (χ3v) is 3.00. The minimum atomic E-state index is -0.319. The van der Waals surface area contributed by atoms with Crippen molar-refractivity contribution in [2.45, 2.75) is 12.5 Å². The number of nitrogens with two attached hydrogens (primary N) is 1. The smallest absolute Gasteiger partial charge is 0.234 e. The van der Waals surface area contributed by atoms with Crippen molar-refractivity contribution < 1.29 is 4.79 Å². The summed E-state index contributed by atoms with van der Waals surface area (Å²) in [7, 11) is 1.75. The minimum Gasteiger partial charge on any atom is -0.368 e. The Morgan fingerprint density at radius 2 is 1.94 bits per heavy atom. The molecule has 0 saturated carbocycles. The van der Waals surface area contributed by atoms with Gasteiger partial charge in [-0.2, -0.15) is 0 Å². The second-order valence-corrected chi connectivity index (χ2v) is 4.09. The van der Waals surface area contributed by atoms with Gasteiger partial charge >= 0.3 is 0 Å². The lowest BCUT2D eigenvalue weighted by Crippen LogP contribution is -2.40. The molecule has 1 atom stereocenters. The van der Waals surface area contributed by atoms with Gasteiger partial charge in [0.25, 0.3) is 0 Å². The summed E-state index contributed by atoms with van der Waals surface area (Å²) in [4.78, 5) is 11.2. The first kappa shape index (κ1) is 11.6. The van der Waals surface area contributed by atoms with Crippen LogP contribution in [0, 0.1) is 0 Å². The van der Waals surface area contributed by atoms with E-state index in [0.29, 0.717) is 6.42 Å². The Balaban J connectivity index is 2.38. The molecule has 0 radical (unpaired) electrons. The normalized spacial score (nSPS) is 12.5. The first-order valence-electron chi connectivity index (χ1n) is 5.65. The minimum absolute atomic E-state index is 0.319. The monoisotopic (exact) mass is 228 g/mol. The fraction of sp³-hybridized carbons (Fsp3) is 0.214. The van der Waals surface area contributed by atoms with Gasteiger partial charge in [0, 0.05) is 0 Å². The lowest BCUT2D eigenvalue weighted by Gasteiger charge is -2.13. The number of carbonyl (C=O) groups excluding carboxylic acids is 1. The van der Waals surface area contributed by atoms with Gasteiger partial charge in [0.2, 0.25) is 5.91 Å². The van der Waals surface area contributed by atoms with E-state index < -0.39 is 0 Å². The first-order valence-corrected chi connectivity index (χ1v) is 5.65. The van der Waals surface area contributed by atoms with Crippen molar-refractivity contribution in [2.75, 3.05) is 7.05 Å². The molecular weight excluding hydrogens is 212 g/mol. The van der Waals surface area contributed by atoms with Crippen LogP contribution in [0.1, 0.15) is 5.56 Å². The van der Waals surface area contributed by atoms with Gasteiger partial charge in [-0.3, -0.25) is 4.79 Å². The van der Waals surface area contributed by atoms with E-state index in [4.69, 9.17) is 5.73 Å². The summed E-state index contributed by atoms with van der Waals surface area (Å²) in [6.45, 7) is 0. The first-order chi connectivity index (χ1) is 8.22. The number of carbonyl (C=O) groups is 1. The van der Waals surface area contributed by atoms with Crippen molar-refractivity contribution >= 4 is 16.7 Å². The predicted molar refractivity (Wildman–Crippen MR) is 69.7 cm³/mol. The van der Waals surface area contributed by atoms with E-state index in [9.17, 15) is 4.79 Å². The van der Waals surface area contributed by atoms with Gasteiger partial charge in [0.1, 0.15) is 0 Å². The van der Waals surface area contributed by atoms with Crippen LogP contribution in [0.25, 0.3) is 10.8 Å². The van der Waals surface area contributed by atoms with E-state index in [-0.39, 0.29) is 11.9 Å². The van der Waals surface area contributed by atoms with Crippen LogP contribution >= 0.6 is 0 Å². The van der Waals surface area contributed by atoms with E-state index in [1.165, 1.54) is 10.8 Å². The zero-order valence-corrected chi connectivity index (χ0v) is 9.81. The number of amides is 1. The predicted octanol–water partition coefficient (Wildman–Crippen LogP) is 1.46. The van der Waals surface area contributed by atoms with Crippen LogP contribution in [-0.2, 0) is 11.2 Å². The highest BCUT2D eigenvalue weighted by atomic mass is 16.1. The summed E-state index contributed by atoms with van der Waals surface area (Å²) in [5.74, 6) is -0.319. The molecule has 3 heteroatoms. The Morgan fingerprint density at radius 1 is 1.24 bits per heavy atom. The second kappa shape index (κ2) is 4.97. The standard InChI is InChI=1S/C14H16N2O/c1-16-13(14(15)17)9-11-7-4-6-10-5-2-3-8-12(10)11/h2-8,13,16H,9H2,1H3,(H2,15,17)/t13-/m0/s1. The molecule has 0 aliphatic carbocycles. The Bertz CT molecular complexity index is 531. The van der Waals surface area contributed by atoms with Crippen molar-refractivity contribution in [2.24, 2.45) is 5.73 Å². The second-order valence-electron chi connectivity index (χ2n) is 4.09. The summed E-state index contributed by atoms with van der Waals surface area (Å²) < 4.78 is 0. The van der Waals surface area contributed by atoms with Crippen LogP contribution in [0.5, 0.6) is 0 Å². The quantitative estimate of drug-likeness (QED) is 0.832. The molecule has 2 aromatic carbocycles. The summed E-state index contributed by atoms with van der Waals surface area (Å²) in [6, 6.07) is 13.9. The van der Waals surface area contributed by atoms with Crippen LogP contribution in [0.4, 0.5) is 0 Å². The summed E-state index contributed by atoms with van der Waals surface area (Å²) in [5.41, 5.74) is 6.48. The lowest BCUT2D eigenvalue weighted by molar-refractivity contribution is -0.119. The highest BCUT2D eigenvalue weighted by Gasteiger charge is 2.14. The molecule has 0 unspecified atom stereocenters. The molecule has 2 aromatic rings. The number of primary amides is 1. The number of hydrogen-bond donors (Lipinski definition) is 2. The molecule has 0 aliphatic heterocycles. The van der Waals surface area contributed by atoms with E-state index in [0.717, 1.165) is 5.56 Å². The maximum atomic E-state index is 11.2. The zero-order chi connectivity index (χ0) is 12.3. The van der Waals surface area contributed by atoms with Crippen molar-refractivity contribution in [3.63, 3.8) is 0 Å². The third-order valence-electron chi connectivity index (χ3n) is 3.00. The molecule has 1 amide bonds. The molecular formula is C14H16N2O. The SMILES string of the molecule is CN[C@@H](Cc1cccc2ccccc12)C(N)=O. The number of benzene rings is 2. The molecule has 0 bridgehead atoms. The zero-order valence-electron chi connectivity index (χ0n) is 9.81. The molecule has 0 saturated heterocycles. The van der Waals surface area contributed by atoms with Crippen LogP contribution < -0.4 is 11.1 Å². The number of nitrogens with one attached hydrogen (secondary N) is 1. The van der Waals surface area contributed by atoms with Crippen molar-refractivity contribution in [3.8, 4) is 0 Å². The molecule has 0 aliphatic rings. The fourth-order valence-electron chi connectivity index (χ4n) is 2.04. The van der Waals surface area contributed by atoms with Gasteiger partial charge in [-0.1, -0.05) is 42.5 Å². The third kappa shape index (κ3) is 2.45. The molecule has 3 N–H and O–H groups in total. The number of fused-ring (bicyclic) bond motifs is 1. The van der Waals surface area contributed by atoms with Gasteiger partial charge in [0.05, 0.1) is 6.04 Å². The number of rotatable bonds is 4. The van der Waals surface area contributed by atoms with Gasteiger partial charge < -0.3 is 11.1 Å². The Labute approximate surface area is 101 Å². The van der Waals surface area contributed by atoms with Crippen molar-refractivity contribution in [1.82, 2.24) is 5.32 Å². The molecule has 17 heavy (non-hydrogen) atoms. The molecule has 0 fully saturated rings. The highest BCUT2D eigenvalue weighted by Crippen LogP contribution is 2.19. The van der Waals surface area contributed by atoms with Gasteiger partial charge in [-0.25, -0.2) is 0 Å². The summed E-state index contributed by atoms with van der Waals surface area (Å²) >= 11 is 0. The Hall–Kier alpha value is -1.87. The van der Waals surface area contributed by atoms with E-state index in [1.54, 1.807) is 7.05 Å². The molecule has 0 aromatic heterocycles. The number of likely N-dealkylation sites (N-methyl/N-ethyl adjacent to an activating group) is 1. The molecule has 2 rings (SSSR count). The molecule has 3 nitrogen and oxygen atoms in total. The maximum Gasteiger partial charge on any atom is 0.234 e. The van der Waals surface area contributed by atoms with Crippen LogP contribution in [0.2, 0.25) is 0 Å². The average Bonchev–Trinajstić information content (AvgIpc) is 2.35. The Morgan fingerprint density at radius 3 is 2.65 bits per heavy atom. The summed E-state index contributed by atoms with van der Waals surface area (Å²) in [6.07, 6.45) is 0.618. The van der Waals surface area contributed by atoms with Gasteiger partial charge in [0.15, 0.2) is 0 Å². The van der Waals surface area contributed by atoms with E-state index >= 15 is 0 Å². The van der Waals surface area contributed by atoms with E-state index in [1.807, 2.05) is 24.3 Å². The molecule has 88 valence electrons. The van der Waals surface area contributed by atoms with Crippen molar-refractivity contribution in [1.29, 1.82) is 0 Å². The molecule has 0 spiro atoms. The van der Waals surface area contributed by atoms with Crippen LogP contribution in [0.15, 0.2) is 42.5 Å². The largest absolute Gasteiger partial charge is 0.368 e. The van der Waals surface area contributed by atoms with Crippen LogP contribution in [0.3, 0.4) is 0 Å². The Kier molecular flexibility index (Phi) is 3.40. The molecule has 0 heterocycles. The summed E-state index contributed by atoms with van der Waals surface area (Å²) in [5, 5.41) is 5.30. The number of hydrogen-bond acceptors (Lipinski definition) is 2.